The third kappa shape index (κ3) is 3.99. The summed E-state index contributed by atoms with van der Waals surface area (Å²) in [6.07, 6.45) is 0. The molecule has 0 aliphatic rings. The van der Waals surface area contributed by atoms with Gasteiger partial charge in [0.1, 0.15) is 5.82 Å². The van der Waals surface area contributed by atoms with E-state index in [1.807, 2.05) is 0 Å². The van der Waals surface area contributed by atoms with Crippen LogP contribution in [0.1, 0.15) is 5.89 Å². The van der Waals surface area contributed by atoms with E-state index >= 15 is 0 Å². The number of hydrogen-bond acceptors (Lipinski definition) is 6. The fourth-order valence-corrected chi connectivity index (χ4v) is 1.91. The van der Waals surface area contributed by atoms with Crippen molar-refractivity contribution in [2.45, 2.75) is 6.54 Å². The molecule has 0 bridgehead atoms. The van der Waals surface area contributed by atoms with Gasteiger partial charge in [0.25, 0.3) is 0 Å². The first-order valence-corrected chi connectivity index (χ1v) is 6.73. The van der Waals surface area contributed by atoms with Crippen molar-refractivity contribution in [1.82, 2.24) is 15.5 Å². The third-order valence-electron chi connectivity index (χ3n) is 2.42. The summed E-state index contributed by atoms with van der Waals surface area (Å²) >= 11 is 3.25. The maximum atomic E-state index is 13.6. The molecule has 0 saturated carbocycles. The van der Waals surface area contributed by atoms with E-state index in [1.165, 1.54) is 6.07 Å². The summed E-state index contributed by atoms with van der Waals surface area (Å²) in [5.74, 6) is 0.00779. The number of anilines is 2. The van der Waals surface area contributed by atoms with E-state index < -0.39 is 5.82 Å². The first-order chi connectivity index (χ1) is 9.70. The van der Waals surface area contributed by atoms with Crippen LogP contribution >= 0.6 is 15.9 Å². The lowest BCUT2D eigenvalue weighted by molar-refractivity contribution is 0.198. The highest BCUT2D eigenvalue weighted by molar-refractivity contribution is 9.10. The summed E-state index contributed by atoms with van der Waals surface area (Å²) in [6.45, 7) is 1.71. The molecule has 0 fully saturated rings. The molecule has 2 aromatic rings. The van der Waals surface area contributed by atoms with Crippen molar-refractivity contribution < 1.29 is 13.5 Å². The Morgan fingerprint density at radius 2 is 2.25 bits per heavy atom. The molecule has 0 saturated heterocycles. The lowest BCUT2D eigenvalue weighted by atomic mass is 10.3. The van der Waals surface area contributed by atoms with Gasteiger partial charge in [-0.05, 0) is 28.1 Å². The summed E-state index contributed by atoms with van der Waals surface area (Å²) in [5.41, 5.74) is 0.259. The zero-order valence-electron chi connectivity index (χ0n) is 10.8. The van der Waals surface area contributed by atoms with Crippen LogP contribution in [0.2, 0.25) is 0 Å². The van der Waals surface area contributed by atoms with Gasteiger partial charge < -0.3 is 19.8 Å². The Kier molecular flexibility index (Phi) is 5.45. The SMILES string of the molecule is COCCNCc1nnc(Nc2c(F)cccc2Br)o1. The molecule has 0 aliphatic heterocycles. The molecule has 1 aromatic carbocycles. The lowest BCUT2D eigenvalue weighted by Crippen LogP contribution is -2.18. The molecule has 2 N–H and O–H groups in total. The molecule has 0 radical (unpaired) electrons. The van der Waals surface area contributed by atoms with E-state index in [0.717, 1.165) is 0 Å². The van der Waals surface area contributed by atoms with E-state index in [9.17, 15) is 4.39 Å². The fraction of sp³-hybridized carbons (Fsp3) is 0.333. The number of nitrogens with one attached hydrogen (secondary N) is 2. The van der Waals surface area contributed by atoms with E-state index in [1.54, 1.807) is 19.2 Å². The van der Waals surface area contributed by atoms with Crippen LogP contribution in [0.25, 0.3) is 0 Å². The second kappa shape index (κ2) is 7.32. The first-order valence-electron chi connectivity index (χ1n) is 5.94. The third-order valence-corrected chi connectivity index (χ3v) is 3.08. The number of rotatable bonds is 7. The molecule has 2 rings (SSSR count). The molecule has 1 heterocycles. The van der Waals surface area contributed by atoms with Gasteiger partial charge in [0.15, 0.2) is 0 Å². The predicted molar refractivity (Wildman–Crippen MR) is 75.3 cm³/mol. The van der Waals surface area contributed by atoms with Crippen molar-refractivity contribution in [2.24, 2.45) is 0 Å². The standard InChI is InChI=1S/C12H14BrFN4O2/c1-19-6-5-15-7-10-17-18-12(20-10)16-11-8(13)3-2-4-9(11)14/h2-4,15H,5-7H2,1H3,(H,16,18). The Bertz CT molecular complexity index is 544. The first kappa shape index (κ1) is 14.9. The summed E-state index contributed by atoms with van der Waals surface area (Å²) in [4.78, 5) is 0. The Labute approximate surface area is 123 Å². The van der Waals surface area contributed by atoms with Crippen LogP contribution in [0.5, 0.6) is 0 Å². The Balaban J connectivity index is 1.96. The van der Waals surface area contributed by atoms with Crippen LogP contribution < -0.4 is 10.6 Å². The molecule has 0 unspecified atom stereocenters. The number of benzene rings is 1. The molecule has 1 aromatic heterocycles. The highest BCUT2D eigenvalue weighted by atomic mass is 79.9. The summed E-state index contributed by atoms with van der Waals surface area (Å²) in [6, 6.07) is 4.80. The van der Waals surface area contributed by atoms with Crippen LogP contribution in [-0.2, 0) is 11.3 Å². The maximum absolute atomic E-state index is 13.6. The normalized spacial score (nSPS) is 10.8. The maximum Gasteiger partial charge on any atom is 0.320 e. The number of aromatic nitrogens is 2. The second-order valence-corrected chi connectivity index (χ2v) is 4.75. The second-order valence-electron chi connectivity index (χ2n) is 3.89. The number of halogens is 2. The number of para-hydroxylation sites is 1. The van der Waals surface area contributed by atoms with E-state index in [-0.39, 0.29) is 11.7 Å². The van der Waals surface area contributed by atoms with Crippen molar-refractivity contribution in [3.05, 3.63) is 34.4 Å². The van der Waals surface area contributed by atoms with E-state index in [0.29, 0.717) is 30.1 Å². The molecule has 0 aliphatic carbocycles. The van der Waals surface area contributed by atoms with Crippen molar-refractivity contribution >= 4 is 27.6 Å². The van der Waals surface area contributed by atoms with Gasteiger partial charge in [0.2, 0.25) is 5.89 Å². The quantitative estimate of drug-likeness (QED) is 0.751. The molecular formula is C12H14BrFN4O2. The Morgan fingerprint density at radius 1 is 1.40 bits per heavy atom. The number of hydrogen-bond donors (Lipinski definition) is 2. The van der Waals surface area contributed by atoms with Crippen molar-refractivity contribution in [3.8, 4) is 0 Å². The minimum atomic E-state index is -0.405. The van der Waals surface area contributed by atoms with Gasteiger partial charge in [0.05, 0.1) is 18.8 Å². The van der Waals surface area contributed by atoms with Crippen molar-refractivity contribution in [3.63, 3.8) is 0 Å². The van der Waals surface area contributed by atoms with Gasteiger partial charge in [-0.1, -0.05) is 11.2 Å². The largest absolute Gasteiger partial charge is 0.406 e. The molecule has 0 amide bonds. The Morgan fingerprint density at radius 3 is 3.00 bits per heavy atom. The van der Waals surface area contributed by atoms with Gasteiger partial charge in [-0.3, -0.25) is 0 Å². The topological polar surface area (TPSA) is 72.2 Å². The monoisotopic (exact) mass is 344 g/mol. The van der Waals surface area contributed by atoms with Gasteiger partial charge >= 0.3 is 6.01 Å². The van der Waals surface area contributed by atoms with E-state index in [4.69, 9.17) is 9.15 Å². The van der Waals surface area contributed by atoms with Gasteiger partial charge in [0, 0.05) is 18.1 Å². The average molecular weight is 345 g/mol. The molecule has 108 valence electrons. The smallest absolute Gasteiger partial charge is 0.320 e. The van der Waals surface area contributed by atoms with Gasteiger partial charge in [-0.15, -0.1) is 5.10 Å². The van der Waals surface area contributed by atoms with Crippen LogP contribution in [0.15, 0.2) is 27.1 Å². The van der Waals surface area contributed by atoms with Crippen LogP contribution in [0.4, 0.5) is 16.1 Å². The lowest BCUT2D eigenvalue weighted by Gasteiger charge is -2.05. The highest BCUT2D eigenvalue weighted by Crippen LogP contribution is 2.27. The molecular weight excluding hydrogens is 331 g/mol. The molecule has 0 spiro atoms. The zero-order chi connectivity index (χ0) is 14.4. The molecule has 0 atom stereocenters. The van der Waals surface area contributed by atoms with E-state index in [2.05, 4.69) is 36.8 Å². The molecule has 6 nitrogen and oxygen atoms in total. The number of methoxy groups -OCH3 is 1. The highest BCUT2D eigenvalue weighted by Gasteiger charge is 2.11. The number of ether oxygens (including phenoxy) is 1. The Hall–Kier alpha value is -1.51. The predicted octanol–water partition coefficient (Wildman–Crippen LogP) is 2.45. The minimum Gasteiger partial charge on any atom is -0.406 e. The van der Waals surface area contributed by atoms with Gasteiger partial charge in [-0.2, -0.15) is 0 Å². The minimum absolute atomic E-state index is 0.138. The molecule has 8 heteroatoms. The fourth-order valence-electron chi connectivity index (χ4n) is 1.47. The van der Waals surface area contributed by atoms with Crippen molar-refractivity contribution in [1.29, 1.82) is 0 Å². The number of nitrogens with zero attached hydrogens (tertiary/aromatic N) is 2. The average Bonchev–Trinajstić information content (AvgIpc) is 2.87. The summed E-state index contributed by atoms with van der Waals surface area (Å²) < 4.78 is 24.5. The summed E-state index contributed by atoms with van der Waals surface area (Å²) in [7, 11) is 1.63. The zero-order valence-corrected chi connectivity index (χ0v) is 12.4. The van der Waals surface area contributed by atoms with Crippen LogP contribution in [-0.4, -0.2) is 30.5 Å². The van der Waals surface area contributed by atoms with Crippen LogP contribution in [0.3, 0.4) is 0 Å². The van der Waals surface area contributed by atoms with Crippen molar-refractivity contribution in [2.75, 3.05) is 25.6 Å². The molecule has 20 heavy (non-hydrogen) atoms. The van der Waals surface area contributed by atoms with Gasteiger partial charge in [-0.25, -0.2) is 4.39 Å². The van der Waals surface area contributed by atoms with Crippen LogP contribution in [0, 0.1) is 5.82 Å². The summed E-state index contributed by atoms with van der Waals surface area (Å²) in [5, 5.41) is 13.5.